The highest BCUT2D eigenvalue weighted by atomic mass is 32.2. The number of aliphatic carboxylic acids is 1. The molecule has 0 fully saturated rings. The number of carboxylic acid groups (broad SMARTS) is 1. The van der Waals surface area contributed by atoms with Crippen LogP contribution >= 0.6 is 11.8 Å². The van der Waals surface area contributed by atoms with Gasteiger partial charge in [0, 0.05) is 13.0 Å². The Balaban J connectivity index is 3.80. The topological polar surface area (TPSA) is 122 Å². The van der Waals surface area contributed by atoms with E-state index >= 15 is 0 Å². The molecule has 110 valence electrons. The molecule has 1 atom stereocenters. The summed E-state index contributed by atoms with van der Waals surface area (Å²) in [4.78, 5) is 32.8. The Kier molecular flexibility index (Phi) is 9.69. The lowest BCUT2D eigenvalue weighted by Crippen LogP contribution is -2.46. The Morgan fingerprint density at radius 3 is 2.53 bits per heavy atom. The monoisotopic (exact) mass is 291 g/mol. The molecule has 0 rings (SSSR count). The van der Waals surface area contributed by atoms with Crippen molar-refractivity contribution in [1.82, 2.24) is 10.6 Å². The number of hydrogen-bond donors (Lipinski definition) is 4. The van der Waals surface area contributed by atoms with Crippen molar-refractivity contribution in [2.45, 2.75) is 31.7 Å². The van der Waals surface area contributed by atoms with Crippen LogP contribution < -0.4 is 16.4 Å². The van der Waals surface area contributed by atoms with E-state index < -0.39 is 18.0 Å². The fraction of sp³-hybridized carbons (Fsp3) is 0.727. The summed E-state index contributed by atoms with van der Waals surface area (Å²) in [6, 6.07) is -1.38. The van der Waals surface area contributed by atoms with Gasteiger partial charge >= 0.3 is 12.0 Å². The Morgan fingerprint density at radius 1 is 1.32 bits per heavy atom. The molecular weight excluding hydrogens is 270 g/mol. The third-order valence-electron chi connectivity index (χ3n) is 2.35. The summed E-state index contributed by atoms with van der Waals surface area (Å²) in [5.41, 5.74) is 4.97. The number of primary amides is 1. The Bertz CT molecular complexity index is 312. The highest BCUT2D eigenvalue weighted by Crippen LogP contribution is 2.01. The van der Waals surface area contributed by atoms with Crippen LogP contribution in [0.15, 0.2) is 0 Å². The van der Waals surface area contributed by atoms with Crippen molar-refractivity contribution in [2.24, 2.45) is 5.73 Å². The summed E-state index contributed by atoms with van der Waals surface area (Å²) in [6.07, 6.45) is 3.77. The number of carbonyl (C=O) groups excluding carboxylic acids is 2. The molecule has 0 saturated carbocycles. The normalized spacial score (nSPS) is 11.6. The van der Waals surface area contributed by atoms with Crippen molar-refractivity contribution in [2.75, 3.05) is 18.6 Å². The van der Waals surface area contributed by atoms with Gasteiger partial charge in [-0.3, -0.25) is 4.79 Å². The first-order valence-corrected chi connectivity index (χ1v) is 7.41. The predicted molar refractivity (Wildman–Crippen MR) is 74.0 cm³/mol. The van der Waals surface area contributed by atoms with Crippen molar-refractivity contribution in [3.63, 3.8) is 0 Å². The van der Waals surface area contributed by atoms with Gasteiger partial charge in [0.25, 0.3) is 0 Å². The second-order valence-electron chi connectivity index (χ2n) is 4.00. The van der Waals surface area contributed by atoms with Gasteiger partial charge in [-0.15, -0.1) is 0 Å². The highest BCUT2D eigenvalue weighted by Gasteiger charge is 2.18. The summed E-state index contributed by atoms with van der Waals surface area (Å²) in [5, 5.41) is 13.9. The number of thioether (sulfide) groups is 1. The first kappa shape index (κ1) is 17.6. The molecule has 8 heteroatoms. The lowest BCUT2D eigenvalue weighted by Gasteiger charge is -2.14. The highest BCUT2D eigenvalue weighted by molar-refractivity contribution is 7.98. The smallest absolute Gasteiger partial charge is 0.326 e. The minimum atomic E-state index is -1.04. The van der Waals surface area contributed by atoms with Crippen molar-refractivity contribution in [3.8, 4) is 0 Å². The molecule has 5 N–H and O–H groups in total. The van der Waals surface area contributed by atoms with E-state index in [2.05, 4.69) is 10.6 Å². The number of nitrogens with one attached hydrogen (secondary N) is 2. The Hall–Kier alpha value is -1.44. The standard InChI is InChI=1S/C11H21N3O4S/c1-19-7-5-8(10(16)17)14-11(18)13-6-3-2-4-9(12)15/h8H,2-7H2,1H3,(H2,12,15)(H,16,17)(H2,13,14,18)/t8-/m1/s1. The Morgan fingerprint density at radius 2 is 2.00 bits per heavy atom. The lowest BCUT2D eigenvalue weighted by atomic mass is 10.2. The molecule has 0 aromatic carbocycles. The molecule has 0 bridgehead atoms. The van der Waals surface area contributed by atoms with Crippen LogP contribution in [0, 0.1) is 0 Å². The van der Waals surface area contributed by atoms with Crippen LogP contribution in [0.4, 0.5) is 4.79 Å². The maximum atomic E-state index is 11.4. The quantitative estimate of drug-likeness (QED) is 0.427. The van der Waals surface area contributed by atoms with Gasteiger partial charge in [0.15, 0.2) is 0 Å². The molecule has 0 aromatic rings. The van der Waals surface area contributed by atoms with Gasteiger partial charge in [-0.25, -0.2) is 9.59 Å². The van der Waals surface area contributed by atoms with Gasteiger partial charge in [0.05, 0.1) is 0 Å². The molecule has 0 aliphatic carbocycles. The average molecular weight is 291 g/mol. The van der Waals surface area contributed by atoms with Gasteiger partial charge in [0.2, 0.25) is 5.91 Å². The molecule has 0 saturated heterocycles. The second kappa shape index (κ2) is 10.5. The largest absolute Gasteiger partial charge is 0.480 e. The zero-order valence-corrected chi connectivity index (χ0v) is 11.8. The number of amides is 3. The summed E-state index contributed by atoms with van der Waals surface area (Å²) in [5.74, 6) is -0.749. The SMILES string of the molecule is CSCC[C@@H](NC(=O)NCCCCC(N)=O)C(=O)O. The zero-order chi connectivity index (χ0) is 14.7. The van der Waals surface area contributed by atoms with E-state index in [1.54, 1.807) is 0 Å². The fourth-order valence-electron chi connectivity index (χ4n) is 1.33. The minimum Gasteiger partial charge on any atom is -0.480 e. The molecule has 7 nitrogen and oxygen atoms in total. The summed E-state index contributed by atoms with van der Waals surface area (Å²) < 4.78 is 0. The van der Waals surface area contributed by atoms with Crippen LogP contribution in [0.2, 0.25) is 0 Å². The van der Waals surface area contributed by atoms with Crippen LogP contribution in [0.3, 0.4) is 0 Å². The fourth-order valence-corrected chi connectivity index (χ4v) is 1.80. The van der Waals surface area contributed by atoms with Crippen molar-refractivity contribution >= 4 is 29.7 Å². The number of unbranched alkanes of at least 4 members (excludes halogenated alkanes) is 1. The molecule has 0 spiro atoms. The molecule has 0 radical (unpaired) electrons. The number of nitrogens with two attached hydrogens (primary N) is 1. The molecule has 0 aromatic heterocycles. The van der Waals surface area contributed by atoms with Crippen LogP contribution in [0.5, 0.6) is 0 Å². The van der Waals surface area contributed by atoms with E-state index in [4.69, 9.17) is 10.8 Å². The molecular formula is C11H21N3O4S. The number of hydrogen-bond acceptors (Lipinski definition) is 4. The third-order valence-corrected chi connectivity index (χ3v) is 2.99. The number of rotatable bonds is 10. The number of carbonyl (C=O) groups is 3. The van der Waals surface area contributed by atoms with Crippen molar-refractivity contribution in [3.05, 3.63) is 0 Å². The molecule has 0 heterocycles. The predicted octanol–water partition coefficient (Wildman–Crippen LogP) is 0.148. The molecule has 0 unspecified atom stereocenters. The molecule has 19 heavy (non-hydrogen) atoms. The molecule has 0 aliphatic rings. The van der Waals surface area contributed by atoms with E-state index in [0.29, 0.717) is 31.6 Å². The van der Waals surface area contributed by atoms with Crippen LogP contribution in [-0.2, 0) is 9.59 Å². The van der Waals surface area contributed by atoms with Crippen LogP contribution in [0.25, 0.3) is 0 Å². The third kappa shape index (κ3) is 10.2. The van der Waals surface area contributed by atoms with E-state index in [-0.39, 0.29) is 12.3 Å². The summed E-state index contributed by atoms with van der Waals surface area (Å²) in [7, 11) is 0. The van der Waals surface area contributed by atoms with E-state index in [0.717, 1.165) is 0 Å². The minimum absolute atomic E-state index is 0.286. The molecule has 0 aliphatic heterocycles. The van der Waals surface area contributed by atoms with Crippen LogP contribution in [-0.4, -0.2) is 47.6 Å². The Labute approximate surface area is 116 Å². The number of urea groups is 1. The van der Waals surface area contributed by atoms with Crippen molar-refractivity contribution in [1.29, 1.82) is 0 Å². The van der Waals surface area contributed by atoms with E-state index in [1.807, 2.05) is 6.26 Å². The lowest BCUT2D eigenvalue weighted by molar-refractivity contribution is -0.139. The summed E-state index contributed by atoms with van der Waals surface area (Å²) in [6.45, 7) is 0.383. The second-order valence-corrected chi connectivity index (χ2v) is 4.98. The van der Waals surface area contributed by atoms with Gasteiger partial charge in [-0.05, 0) is 31.3 Å². The molecule has 3 amide bonds. The maximum Gasteiger partial charge on any atom is 0.326 e. The summed E-state index contributed by atoms with van der Waals surface area (Å²) >= 11 is 1.52. The van der Waals surface area contributed by atoms with E-state index in [1.165, 1.54) is 11.8 Å². The van der Waals surface area contributed by atoms with Crippen molar-refractivity contribution < 1.29 is 19.5 Å². The maximum absolute atomic E-state index is 11.4. The first-order valence-electron chi connectivity index (χ1n) is 6.01. The first-order chi connectivity index (χ1) is 8.97. The van der Waals surface area contributed by atoms with Gasteiger partial charge in [0.1, 0.15) is 6.04 Å². The van der Waals surface area contributed by atoms with Gasteiger partial charge < -0.3 is 21.5 Å². The van der Waals surface area contributed by atoms with Crippen LogP contribution in [0.1, 0.15) is 25.7 Å². The zero-order valence-electron chi connectivity index (χ0n) is 11.0. The van der Waals surface area contributed by atoms with E-state index in [9.17, 15) is 14.4 Å². The average Bonchev–Trinajstić information content (AvgIpc) is 2.33. The van der Waals surface area contributed by atoms with Gasteiger partial charge in [-0.2, -0.15) is 11.8 Å². The number of carboxylic acids is 1. The van der Waals surface area contributed by atoms with Gasteiger partial charge in [-0.1, -0.05) is 0 Å².